The van der Waals surface area contributed by atoms with E-state index in [4.69, 9.17) is 0 Å². The lowest BCUT2D eigenvalue weighted by molar-refractivity contribution is 0.692. The van der Waals surface area contributed by atoms with Crippen LogP contribution in [0.15, 0.2) is 24.3 Å². The maximum absolute atomic E-state index is 3.75. The second-order valence-corrected chi connectivity index (χ2v) is 4.71. The summed E-state index contributed by atoms with van der Waals surface area (Å²) in [5, 5.41) is 0. The first-order chi connectivity index (χ1) is 5.72. The van der Waals surface area contributed by atoms with Crippen molar-refractivity contribution >= 4 is 15.9 Å². The van der Waals surface area contributed by atoms with Crippen molar-refractivity contribution in [3.63, 3.8) is 0 Å². The predicted octanol–water partition coefficient (Wildman–Crippen LogP) is 3.67. The molecule has 12 heavy (non-hydrogen) atoms. The molecule has 0 amide bonds. The maximum Gasteiger partial charge on any atom is 0.0277 e. The van der Waals surface area contributed by atoms with E-state index in [-0.39, 0.29) is 0 Å². The molecular weight excluding hydrogens is 212 g/mol. The lowest BCUT2D eigenvalue weighted by Gasteiger charge is -2.11. The van der Waals surface area contributed by atoms with E-state index in [1.165, 1.54) is 11.1 Å². The van der Waals surface area contributed by atoms with Gasteiger partial charge in [-0.3, -0.25) is 0 Å². The Balaban J connectivity index is 2.52. The Morgan fingerprint density at radius 3 is 1.83 bits per heavy atom. The first-order valence-electron chi connectivity index (χ1n) is 4.44. The van der Waals surface area contributed by atoms with Crippen molar-refractivity contribution in [3.05, 3.63) is 35.4 Å². The summed E-state index contributed by atoms with van der Waals surface area (Å²) < 4.78 is 0. The van der Waals surface area contributed by atoms with E-state index >= 15 is 0 Å². The summed E-state index contributed by atoms with van der Waals surface area (Å²) >= 11 is 3.75. The molecule has 64 valence electrons. The fourth-order valence-corrected chi connectivity index (χ4v) is 2.69. The van der Waals surface area contributed by atoms with Gasteiger partial charge in [0.1, 0.15) is 0 Å². The highest BCUT2D eigenvalue weighted by atomic mass is 79.9. The summed E-state index contributed by atoms with van der Waals surface area (Å²) in [5.41, 5.74) is 3.04. The minimum atomic E-state index is 0.620. The van der Waals surface area contributed by atoms with Gasteiger partial charge in [0.25, 0.3) is 0 Å². The van der Waals surface area contributed by atoms with E-state index in [0.717, 1.165) is 0 Å². The van der Waals surface area contributed by atoms with Crippen molar-refractivity contribution in [1.82, 2.24) is 0 Å². The van der Waals surface area contributed by atoms with Crippen molar-refractivity contribution in [2.75, 3.05) is 0 Å². The summed E-state index contributed by atoms with van der Waals surface area (Å²) in [5.74, 6) is 1.33. The van der Waals surface area contributed by atoms with Crippen LogP contribution in [0.2, 0.25) is 0 Å². The average molecular weight is 225 g/mol. The van der Waals surface area contributed by atoms with Gasteiger partial charge in [-0.15, -0.1) is 0 Å². The standard InChI is InChI=1S/C11H13Br/c1-7-9-5-3-4-6-10(9)8(2)11(7)12/h3-8,11H,1-2H3. The molecule has 0 bridgehead atoms. The molecule has 0 radical (unpaired) electrons. The monoisotopic (exact) mass is 224 g/mol. The Hall–Kier alpha value is -0.300. The molecule has 0 fully saturated rings. The zero-order chi connectivity index (χ0) is 8.72. The molecule has 1 aliphatic rings. The predicted molar refractivity (Wildman–Crippen MR) is 56.0 cm³/mol. The van der Waals surface area contributed by atoms with Crippen LogP contribution in [0.1, 0.15) is 36.8 Å². The van der Waals surface area contributed by atoms with Gasteiger partial charge in [0.2, 0.25) is 0 Å². The Morgan fingerprint density at radius 1 is 1.00 bits per heavy atom. The van der Waals surface area contributed by atoms with Gasteiger partial charge >= 0.3 is 0 Å². The molecule has 0 N–H and O–H groups in total. The highest BCUT2D eigenvalue weighted by Crippen LogP contribution is 2.45. The molecule has 1 aromatic rings. The first kappa shape index (κ1) is 8.31. The van der Waals surface area contributed by atoms with E-state index in [1.807, 2.05) is 0 Å². The van der Waals surface area contributed by atoms with E-state index in [2.05, 4.69) is 54.0 Å². The zero-order valence-electron chi connectivity index (χ0n) is 7.42. The van der Waals surface area contributed by atoms with Crippen LogP contribution in [0, 0.1) is 0 Å². The summed E-state index contributed by atoms with van der Waals surface area (Å²) in [7, 11) is 0. The molecule has 0 spiro atoms. The average Bonchev–Trinajstić information content (AvgIpc) is 2.33. The van der Waals surface area contributed by atoms with Gasteiger partial charge < -0.3 is 0 Å². The van der Waals surface area contributed by atoms with Crippen molar-refractivity contribution < 1.29 is 0 Å². The molecule has 0 nitrogen and oxygen atoms in total. The van der Waals surface area contributed by atoms with Crippen LogP contribution in [0.4, 0.5) is 0 Å². The third-order valence-corrected chi connectivity index (χ3v) is 4.52. The summed E-state index contributed by atoms with van der Waals surface area (Å²) in [6, 6.07) is 8.76. The van der Waals surface area contributed by atoms with Crippen molar-refractivity contribution in [2.45, 2.75) is 30.5 Å². The van der Waals surface area contributed by atoms with Gasteiger partial charge in [0.05, 0.1) is 0 Å². The van der Waals surface area contributed by atoms with Gasteiger partial charge in [-0.05, 0) is 23.0 Å². The third kappa shape index (κ3) is 1.03. The largest absolute Gasteiger partial charge is 0.0878 e. The highest BCUT2D eigenvalue weighted by molar-refractivity contribution is 9.09. The van der Waals surface area contributed by atoms with Gasteiger partial charge in [-0.25, -0.2) is 0 Å². The van der Waals surface area contributed by atoms with Crippen LogP contribution >= 0.6 is 15.9 Å². The van der Waals surface area contributed by atoms with E-state index in [9.17, 15) is 0 Å². The summed E-state index contributed by atoms with van der Waals surface area (Å²) in [4.78, 5) is 0.620. The normalized spacial score (nSPS) is 33.4. The number of alkyl halides is 1. The van der Waals surface area contributed by atoms with Gasteiger partial charge in [0.15, 0.2) is 0 Å². The molecule has 0 heterocycles. The smallest absolute Gasteiger partial charge is 0.0277 e. The minimum Gasteiger partial charge on any atom is -0.0878 e. The van der Waals surface area contributed by atoms with E-state index in [1.54, 1.807) is 0 Å². The number of rotatable bonds is 0. The fourth-order valence-electron chi connectivity index (χ4n) is 2.12. The summed E-state index contributed by atoms with van der Waals surface area (Å²) in [6.45, 7) is 4.59. The van der Waals surface area contributed by atoms with Crippen molar-refractivity contribution in [2.24, 2.45) is 0 Å². The molecule has 2 atom stereocenters. The Kier molecular flexibility index (Phi) is 1.99. The van der Waals surface area contributed by atoms with Gasteiger partial charge in [0, 0.05) is 4.83 Å². The molecule has 1 heteroatoms. The van der Waals surface area contributed by atoms with Crippen LogP contribution in [-0.4, -0.2) is 4.83 Å². The second-order valence-electron chi connectivity index (χ2n) is 3.65. The lowest BCUT2D eigenvalue weighted by Crippen LogP contribution is -2.05. The Labute approximate surface area is 82.1 Å². The Morgan fingerprint density at radius 2 is 1.42 bits per heavy atom. The SMILES string of the molecule is CC1c2ccccc2C(C)C1Br. The zero-order valence-corrected chi connectivity index (χ0v) is 9.01. The van der Waals surface area contributed by atoms with Crippen LogP contribution in [-0.2, 0) is 0 Å². The van der Waals surface area contributed by atoms with Crippen LogP contribution in [0.3, 0.4) is 0 Å². The molecule has 1 aliphatic carbocycles. The molecule has 0 aromatic heterocycles. The molecule has 1 aromatic carbocycles. The maximum atomic E-state index is 3.75. The number of hydrogen-bond donors (Lipinski definition) is 0. The molecule has 0 saturated heterocycles. The first-order valence-corrected chi connectivity index (χ1v) is 5.36. The topological polar surface area (TPSA) is 0 Å². The lowest BCUT2D eigenvalue weighted by atomic mass is 10.0. The second kappa shape index (κ2) is 2.88. The number of hydrogen-bond acceptors (Lipinski definition) is 0. The highest BCUT2D eigenvalue weighted by Gasteiger charge is 2.32. The molecule has 2 rings (SSSR count). The molecule has 2 unspecified atom stereocenters. The van der Waals surface area contributed by atoms with Crippen molar-refractivity contribution in [3.8, 4) is 0 Å². The quantitative estimate of drug-likeness (QED) is 0.591. The van der Waals surface area contributed by atoms with Crippen LogP contribution < -0.4 is 0 Å². The number of fused-ring (bicyclic) bond motifs is 1. The minimum absolute atomic E-state index is 0.620. The van der Waals surface area contributed by atoms with E-state index in [0.29, 0.717) is 16.7 Å². The fraction of sp³-hybridized carbons (Fsp3) is 0.455. The van der Waals surface area contributed by atoms with Crippen molar-refractivity contribution in [1.29, 1.82) is 0 Å². The van der Waals surface area contributed by atoms with Crippen LogP contribution in [0.25, 0.3) is 0 Å². The Bertz CT molecular complexity index is 264. The molecule has 0 saturated carbocycles. The number of benzene rings is 1. The van der Waals surface area contributed by atoms with Crippen LogP contribution in [0.5, 0.6) is 0 Å². The van der Waals surface area contributed by atoms with Gasteiger partial charge in [-0.2, -0.15) is 0 Å². The summed E-state index contributed by atoms with van der Waals surface area (Å²) in [6.07, 6.45) is 0. The molecule has 0 aliphatic heterocycles. The number of halogens is 1. The molecular formula is C11H13Br. The third-order valence-electron chi connectivity index (χ3n) is 2.93. The van der Waals surface area contributed by atoms with Gasteiger partial charge in [-0.1, -0.05) is 54.0 Å². The van der Waals surface area contributed by atoms with E-state index < -0.39 is 0 Å².